The molecule has 0 rings (SSSR count). The zero-order chi connectivity index (χ0) is 14.2. The number of hydrogen-bond acceptors (Lipinski definition) is 3. The van der Waals surface area contributed by atoms with Gasteiger partial charge in [0.15, 0.2) is 0 Å². The number of carbonyl (C=O) groups excluding carboxylic acids is 1. The molecular formula is C14H27N3O. The summed E-state index contributed by atoms with van der Waals surface area (Å²) in [6.45, 7) is 6.78. The second-order valence-electron chi connectivity index (χ2n) is 5.33. The summed E-state index contributed by atoms with van der Waals surface area (Å²) in [5, 5.41) is 12.4. The van der Waals surface area contributed by atoms with Gasteiger partial charge in [0.1, 0.15) is 5.41 Å². The van der Waals surface area contributed by atoms with E-state index >= 15 is 0 Å². The number of nitrogens with zero attached hydrogens (tertiary/aromatic N) is 2. The summed E-state index contributed by atoms with van der Waals surface area (Å²) < 4.78 is 0. The van der Waals surface area contributed by atoms with E-state index in [-0.39, 0.29) is 11.9 Å². The Kier molecular flexibility index (Phi) is 7.61. The largest absolute Gasteiger partial charge is 0.351 e. The Hall–Kier alpha value is -1.08. The van der Waals surface area contributed by atoms with Crippen molar-refractivity contribution in [1.82, 2.24) is 10.2 Å². The van der Waals surface area contributed by atoms with Crippen molar-refractivity contribution in [2.75, 3.05) is 20.6 Å². The van der Waals surface area contributed by atoms with Crippen LogP contribution in [0.25, 0.3) is 0 Å². The summed E-state index contributed by atoms with van der Waals surface area (Å²) in [4.78, 5) is 14.3. The maximum absolute atomic E-state index is 12.3. The lowest BCUT2D eigenvalue weighted by molar-refractivity contribution is -0.129. The lowest BCUT2D eigenvalue weighted by Crippen LogP contribution is -2.47. The molecule has 0 aromatic carbocycles. The first-order chi connectivity index (χ1) is 8.41. The van der Waals surface area contributed by atoms with Crippen LogP contribution in [0.15, 0.2) is 0 Å². The molecule has 0 saturated heterocycles. The van der Waals surface area contributed by atoms with Crippen molar-refractivity contribution in [3.63, 3.8) is 0 Å². The van der Waals surface area contributed by atoms with Crippen molar-refractivity contribution in [1.29, 1.82) is 5.26 Å². The SMILES string of the molecule is CCCC(C#N)(CCC)C(=O)NC(C)CN(C)C. The van der Waals surface area contributed by atoms with E-state index in [0.29, 0.717) is 12.8 Å². The van der Waals surface area contributed by atoms with Gasteiger partial charge >= 0.3 is 0 Å². The molecular weight excluding hydrogens is 226 g/mol. The summed E-state index contributed by atoms with van der Waals surface area (Å²) in [7, 11) is 3.94. The van der Waals surface area contributed by atoms with E-state index in [4.69, 9.17) is 0 Å². The summed E-state index contributed by atoms with van der Waals surface area (Å²) in [5.74, 6) is -0.108. The molecule has 104 valence electrons. The number of likely N-dealkylation sites (N-methyl/N-ethyl adjacent to an activating group) is 1. The molecule has 0 bridgehead atoms. The molecule has 0 radical (unpaired) electrons. The average Bonchev–Trinajstić information content (AvgIpc) is 2.27. The first-order valence-corrected chi connectivity index (χ1v) is 6.78. The van der Waals surface area contributed by atoms with Gasteiger partial charge in [0.25, 0.3) is 0 Å². The highest BCUT2D eigenvalue weighted by molar-refractivity contribution is 5.85. The average molecular weight is 253 g/mol. The Morgan fingerprint density at radius 1 is 1.33 bits per heavy atom. The minimum atomic E-state index is -0.843. The Balaban J connectivity index is 4.71. The molecule has 4 nitrogen and oxygen atoms in total. The van der Waals surface area contributed by atoms with Gasteiger partial charge in [-0.3, -0.25) is 4.79 Å². The first-order valence-electron chi connectivity index (χ1n) is 6.78. The fourth-order valence-electron chi connectivity index (χ4n) is 2.32. The second-order valence-corrected chi connectivity index (χ2v) is 5.33. The molecule has 1 unspecified atom stereocenters. The van der Waals surface area contributed by atoms with Crippen LogP contribution >= 0.6 is 0 Å². The molecule has 0 heterocycles. The first kappa shape index (κ1) is 16.9. The molecule has 0 saturated carbocycles. The third-order valence-electron chi connectivity index (χ3n) is 3.02. The quantitative estimate of drug-likeness (QED) is 0.721. The van der Waals surface area contributed by atoms with Gasteiger partial charge in [0, 0.05) is 12.6 Å². The second kappa shape index (κ2) is 8.10. The van der Waals surface area contributed by atoms with E-state index in [1.165, 1.54) is 0 Å². The fourth-order valence-corrected chi connectivity index (χ4v) is 2.32. The van der Waals surface area contributed by atoms with Crippen LogP contribution in [0.3, 0.4) is 0 Å². The highest BCUT2D eigenvalue weighted by Gasteiger charge is 2.37. The highest BCUT2D eigenvalue weighted by atomic mass is 16.2. The monoisotopic (exact) mass is 253 g/mol. The summed E-state index contributed by atoms with van der Waals surface area (Å²) in [5.41, 5.74) is -0.843. The van der Waals surface area contributed by atoms with Crippen LogP contribution in [0.4, 0.5) is 0 Å². The molecule has 0 aliphatic carbocycles. The Labute approximate surface area is 111 Å². The van der Waals surface area contributed by atoms with E-state index in [2.05, 4.69) is 11.4 Å². The molecule has 0 aliphatic rings. The smallest absolute Gasteiger partial charge is 0.240 e. The number of nitriles is 1. The third kappa shape index (κ3) is 5.05. The number of carbonyl (C=O) groups is 1. The summed E-state index contributed by atoms with van der Waals surface area (Å²) in [6, 6.07) is 2.31. The third-order valence-corrected chi connectivity index (χ3v) is 3.02. The molecule has 0 fully saturated rings. The van der Waals surface area contributed by atoms with Gasteiger partial charge in [0.2, 0.25) is 5.91 Å². The molecule has 4 heteroatoms. The molecule has 1 amide bonds. The number of nitrogens with one attached hydrogen (secondary N) is 1. The zero-order valence-corrected chi connectivity index (χ0v) is 12.4. The Morgan fingerprint density at radius 3 is 2.17 bits per heavy atom. The standard InChI is InChI=1S/C14H27N3O/c1-6-8-14(11-15,9-7-2)13(18)16-12(3)10-17(4)5/h12H,6-10H2,1-5H3,(H,16,18). The van der Waals surface area contributed by atoms with Crippen molar-refractivity contribution in [3.05, 3.63) is 0 Å². The van der Waals surface area contributed by atoms with Gasteiger partial charge in [0.05, 0.1) is 6.07 Å². The summed E-state index contributed by atoms with van der Waals surface area (Å²) in [6.07, 6.45) is 2.97. The van der Waals surface area contributed by atoms with Gasteiger partial charge in [-0.15, -0.1) is 0 Å². The maximum atomic E-state index is 12.3. The van der Waals surface area contributed by atoms with Crippen LogP contribution in [0.2, 0.25) is 0 Å². The van der Waals surface area contributed by atoms with Crippen LogP contribution in [0, 0.1) is 16.7 Å². The molecule has 1 N–H and O–H groups in total. The predicted octanol–water partition coefficient (Wildman–Crippen LogP) is 2.16. The van der Waals surface area contributed by atoms with E-state index < -0.39 is 5.41 Å². The highest BCUT2D eigenvalue weighted by Crippen LogP contribution is 2.29. The maximum Gasteiger partial charge on any atom is 0.240 e. The molecule has 1 atom stereocenters. The molecule has 0 aliphatic heterocycles. The Morgan fingerprint density at radius 2 is 1.83 bits per heavy atom. The fraction of sp³-hybridized carbons (Fsp3) is 0.857. The molecule has 0 spiro atoms. The van der Waals surface area contributed by atoms with Crippen molar-refractivity contribution in [2.45, 2.75) is 52.5 Å². The van der Waals surface area contributed by atoms with Crippen molar-refractivity contribution in [3.8, 4) is 6.07 Å². The molecule has 0 aromatic heterocycles. The van der Waals surface area contributed by atoms with Crippen LogP contribution in [-0.2, 0) is 4.79 Å². The lowest BCUT2D eigenvalue weighted by Gasteiger charge is -2.27. The van der Waals surface area contributed by atoms with Crippen molar-refractivity contribution >= 4 is 5.91 Å². The van der Waals surface area contributed by atoms with Crippen molar-refractivity contribution < 1.29 is 4.79 Å². The van der Waals surface area contributed by atoms with Crippen LogP contribution in [0.1, 0.15) is 46.5 Å². The van der Waals surface area contributed by atoms with Gasteiger partial charge in [-0.2, -0.15) is 5.26 Å². The minimum Gasteiger partial charge on any atom is -0.351 e. The van der Waals surface area contributed by atoms with E-state index in [9.17, 15) is 10.1 Å². The number of hydrogen-bond donors (Lipinski definition) is 1. The Bertz CT molecular complexity index is 288. The van der Waals surface area contributed by atoms with E-state index in [1.54, 1.807) is 0 Å². The topological polar surface area (TPSA) is 56.1 Å². The predicted molar refractivity (Wildman–Crippen MR) is 74.0 cm³/mol. The lowest BCUT2D eigenvalue weighted by atomic mass is 9.79. The van der Waals surface area contributed by atoms with Crippen LogP contribution < -0.4 is 5.32 Å². The number of amides is 1. The zero-order valence-electron chi connectivity index (χ0n) is 12.4. The van der Waals surface area contributed by atoms with Gasteiger partial charge in [-0.25, -0.2) is 0 Å². The molecule has 18 heavy (non-hydrogen) atoms. The van der Waals surface area contributed by atoms with E-state index in [1.807, 2.05) is 39.8 Å². The van der Waals surface area contributed by atoms with Gasteiger partial charge < -0.3 is 10.2 Å². The molecule has 0 aromatic rings. The van der Waals surface area contributed by atoms with Crippen LogP contribution in [-0.4, -0.2) is 37.5 Å². The number of rotatable bonds is 8. The summed E-state index contributed by atoms with van der Waals surface area (Å²) >= 11 is 0. The van der Waals surface area contributed by atoms with E-state index in [0.717, 1.165) is 19.4 Å². The van der Waals surface area contributed by atoms with Gasteiger partial charge in [-0.1, -0.05) is 26.7 Å². The van der Waals surface area contributed by atoms with Crippen LogP contribution in [0.5, 0.6) is 0 Å². The van der Waals surface area contributed by atoms with Crippen molar-refractivity contribution in [2.24, 2.45) is 5.41 Å². The van der Waals surface area contributed by atoms with Gasteiger partial charge in [-0.05, 0) is 33.9 Å². The minimum absolute atomic E-state index is 0.0638. The normalized spacial score (nSPS) is 13.2.